The predicted octanol–water partition coefficient (Wildman–Crippen LogP) is 6.97. The van der Waals surface area contributed by atoms with Crippen molar-refractivity contribution in [2.45, 2.75) is 90.5 Å². The molecule has 0 spiro atoms. The maximum Gasteiger partial charge on any atom is 0.260 e. The summed E-state index contributed by atoms with van der Waals surface area (Å²) in [5, 5.41) is 3.51. The molecule has 2 unspecified atom stereocenters. The molecule has 2 atom stereocenters. The molecule has 0 bridgehead atoms. The van der Waals surface area contributed by atoms with Gasteiger partial charge in [-0.3, -0.25) is 9.59 Å². The minimum absolute atomic E-state index is 0.0383. The van der Waals surface area contributed by atoms with Crippen molar-refractivity contribution in [2.75, 3.05) is 26.2 Å². The van der Waals surface area contributed by atoms with Crippen LogP contribution in [0.2, 0.25) is 0 Å². The van der Waals surface area contributed by atoms with Crippen LogP contribution in [-0.4, -0.2) is 59.1 Å². The van der Waals surface area contributed by atoms with Crippen LogP contribution in [0.3, 0.4) is 0 Å². The van der Waals surface area contributed by atoms with E-state index in [2.05, 4.69) is 61.0 Å². The van der Waals surface area contributed by atoms with Crippen molar-refractivity contribution < 1.29 is 9.59 Å². The molecule has 6 heteroatoms. The van der Waals surface area contributed by atoms with Crippen molar-refractivity contribution in [1.29, 1.82) is 0 Å². The van der Waals surface area contributed by atoms with Gasteiger partial charge in [0.05, 0.1) is 4.91 Å². The molecule has 0 radical (unpaired) electrons. The van der Waals surface area contributed by atoms with Gasteiger partial charge in [-0.15, -0.1) is 11.8 Å². The predicted molar refractivity (Wildman–Crippen MR) is 168 cm³/mol. The Kier molecular flexibility index (Phi) is 11.3. The molecule has 1 saturated carbocycles. The Morgan fingerprint density at radius 1 is 1.05 bits per heavy atom. The third-order valence-corrected chi connectivity index (χ3v) is 9.74. The fraction of sp³-hybridized carbons (Fsp3) is 0.529. The molecule has 0 aromatic heterocycles. The van der Waals surface area contributed by atoms with Crippen LogP contribution in [0, 0.1) is 13.8 Å². The van der Waals surface area contributed by atoms with E-state index < -0.39 is 0 Å². The number of hydrogen-bond acceptors (Lipinski definition) is 4. The Bertz CT molecular complexity index is 1180. The number of hydrogen-bond donors (Lipinski definition) is 1. The molecule has 216 valence electrons. The third-order valence-electron chi connectivity index (χ3n) is 8.35. The zero-order valence-corrected chi connectivity index (χ0v) is 25.7. The summed E-state index contributed by atoms with van der Waals surface area (Å²) in [5.41, 5.74) is 5.33. The van der Waals surface area contributed by atoms with E-state index in [0.29, 0.717) is 29.9 Å². The minimum Gasteiger partial charge on any atom is -0.352 e. The molecule has 4 rings (SSSR count). The summed E-state index contributed by atoms with van der Waals surface area (Å²) >= 11 is 1.76. The first-order valence-electron chi connectivity index (χ1n) is 15.3. The van der Waals surface area contributed by atoms with Gasteiger partial charge >= 0.3 is 0 Å². The van der Waals surface area contributed by atoms with Crippen LogP contribution in [0.1, 0.15) is 91.4 Å². The first-order valence-corrected chi connectivity index (χ1v) is 16.1. The van der Waals surface area contributed by atoms with Gasteiger partial charge in [0.15, 0.2) is 0 Å². The van der Waals surface area contributed by atoms with Crippen LogP contribution < -0.4 is 5.32 Å². The quantitative estimate of drug-likeness (QED) is 0.225. The highest BCUT2D eigenvalue weighted by atomic mass is 32.2. The lowest BCUT2D eigenvalue weighted by atomic mass is 9.92. The molecular formula is C34H47N3O2S. The Morgan fingerprint density at radius 2 is 1.80 bits per heavy atom. The van der Waals surface area contributed by atoms with E-state index in [-0.39, 0.29) is 11.8 Å². The van der Waals surface area contributed by atoms with E-state index in [1.807, 2.05) is 30.3 Å². The minimum atomic E-state index is -0.0383. The second-order valence-electron chi connectivity index (χ2n) is 11.4. The number of fused-ring (bicyclic) bond motifs is 1. The smallest absolute Gasteiger partial charge is 0.260 e. The fourth-order valence-electron chi connectivity index (χ4n) is 5.81. The number of thioether (sulfide) groups is 1. The molecule has 2 aromatic carbocycles. The fourth-order valence-corrected chi connectivity index (χ4v) is 7.29. The maximum absolute atomic E-state index is 13.8. The number of carbonyl (C=O) groups is 2. The van der Waals surface area contributed by atoms with Crippen LogP contribution in [0.25, 0.3) is 6.08 Å². The number of nitrogens with one attached hydrogen (secondary N) is 1. The monoisotopic (exact) mass is 561 g/mol. The SMILES string of the molecule is CCCCN(CC)CCCNC(=O)c1ccc(/C=C2\SC3CCCCC3N(Cc3cc(C)ccc3C)C2=O)cc1. The van der Waals surface area contributed by atoms with Crippen LogP contribution in [0.5, 0.6) is 0 Å². The molecule has 1 aliphatic carbocycles. The number of rotatable bonds is 12. The largest absolute Gasteiger partial charge is 0.352 e. The van der Waals surface area contributed by atoms with Crippen molar-refractivity contribution in [2.24, 2.45) is 0 Å². The summed E-state index contributed by atoms with van der Waals surface area (Å²) in [5.74, 6) is 0.0969. The van der Waals surface area contributed by atoms with Crippen LogP contribution in [0.4, 0.5) is 0 Å². The van der Waals surface area contributed by atoms with Crippen molar-refractivity contribution in [3.63, 3.8) is 0 Å². The van der Waals surface area contributed by atoms with Crippen LogP contribution in [0.15, 0.2) is 47.4 Å². The van der Waals surface area contributed by atoms with Crippen LogP contribution >= 0.6 is 11.8 Å². The summed E-state index contributed by atoms with van der Waals surface area (Å²) < 4.78 is 0. The van der Waals surface area contributed by atoms with Crippen molar-refractivity contribution in [3.8, 4) is 0 Å². The molecular weight excluding hydrogens is 514 g/mol. The van der Waals surface area contributed by atoms with Gasteiger partial charge in [0, 0.05) is 29.9 Å². The zero-order chi connectivity index (χ0) is 28.5. The first kappa shape index (κ1) is 30.4. The molecule has 2 aliphatic rings. The third kappa shape index (κ3) is 8.01. The second-order valence-corrected chi connectivity index (χ2v) is 12.7. The summed E-state index contributed by atoms with van der Waals surface area (Å²) in [6.07, 6.45) is 10.1. The summed E-state index contributed by atoms with van der Waals surface area (Å²) in [6, 6.07) is 14.5. The Balaban J connectivity index is 1.40. The van der Waals surface area contributed by atoms with E-state index in [4.69, 9.17) is 0 Å². The Labute approximate surface area is 245 Å². The van der Waals surface area contributed by atoms with Crippen LogP contribution in [-0.2, 0) is 11.3 Å². The van der Waals surface area contributed by atoms with E-state index in [1.165, 1.54) is 42.4 Å². The van der Waals surface area contributed by atoms with Gasteiger partial charge in [-0.05, 0) is 94.1 Å². The number of nitrogens with zero attached hydrogens (tertiary/aromatic N) is 2. The second kappa shape index (κ2) is 14.9. The molecule has 40 heavy (non-hydrogen) atoms. The lowest BCUT2D eigenvalue weighted by Gasteiger charge is -2.44. The standard InChI is InChI=1S/C34H47N3O2S/c1-5-7-20-36(6-2)21-10-19-35-33(38)28-17-15-27(16-18-28)23-32-34(39)37(30-11-8-9-12-31(30)40-32)24-29-22-25(3)13-14-26(29)4/h13-18,22-23,30-31H,5-12,19-21,24H2,1-4H3,(H,35,38)/b32-23-. The normalized spacial score (nSPS) is 20.2. The molecule has 5 nitrogen and oxygen atoms in total. The van der Waals surface area contributed by atoms with Crippen molar-refractivity contribution in [3.05, 3.63) is 75.2 Å². The molecule has 1 N–H and O–H groups in total. The van der Waals surface area contributed by atoms with Gasteiger partial charge in [-0.1, -0.05) is 69.0 Å². The van der Waals surface area contributed by atoms with E-state index in [0.717, 1.165) is 49.4 Å². The van der Waals surface area contributed by atoms with Gasteiger partial charge in [-0.2, -0.15) is 0 Å². The zero-order valence-electron chi connectivity index (χ0n) is 24.9. The summed E-state index contributed by atoms with van der Waals surface area (Å²) in [4.78, 5) is 31.9. The highest BCUT2D eigenvalue weighted by Gasteiger charge is 2.40. The van der Waals surface area contributed by atoms with Gasteiger partial charge in [0.25, 0.3) is 11.8 Å². The molecule has 2 amide bonds. The van der Waals surface area contributed by atoms with Gasteiger partial charge in [0.2, 0.25) is 0 Å². The number of benzene rings is 2. The number of unbranched alkanes of at least 4 members (excludes halogenated alkanes) is 1. The topological polar surface area (TPSA) is 52.7 Å². The Hall–Kier alpha value is -2.57. The molecule has 2 fully saturated rings. The number of carbonyl (C=O) groups excluding carboxylic acids is 2. The highest BCUT2D eigenvalue weighted by Crippen LogP contribution is 2.43. The van der Waals surface area contributed by atoms with Crippen molar-refractivity contribution >= 4 is 29.7 Å². The molecule has 2 aromatic rings. The summed E-state index contributed by atoms with van der Waals surface area (Å²) in [6.45, 7) is 13.2. The lowest BCUT2D eigenvalue weighted by molar-refractivity contribution is -0.130. The number of amides is 2. The molecule has 1 heterocycles. The van der Waals surface area contributed by atoms with E-state index in [9.17, 15) is 9.59 Å². The van der Waals surface area contributed by atoms with Gasteiger partial charge in [0.1, 0.15) is 0 Å². The molecule has 1 aliphatic heterocycles. The summed E-state index contributed by atoms with van der Waals surface area (Å²) in [7, 11) is 0. The van der Waals surface area contributed by atoms with E-state index in [1.54, 1.807) is 11.8 Å². The maximum atomic E-state index is 13.8. The van der Waals surface area contributed by atoms with Gasteiger partial charge < -0.3 is 15.1 Å². The molecule has 1 saturated heterocycles. The van der Waals surface area contributed by atoms with E-state index >= 15 is 0 Å². The van der Waals surface area contributed by atoms with Gasteiger partial charge in [-0.25, -0.2) is 0 Å². The first-order chi connectivity index (χ1) is 19.4. The average molecular weight is 562 g/mol. The highest BCUT2D eigenvalue weighted by molar-refractivity contribution is 8.04. The van der Waals surface area contributed by atoms with Crippen molar-refractivity contribution in [1.82, 2.24) is 15.1 Å². The lowest BCUT2D eigenvalue weighted by Crippen LogP contribution is -2.50. The number of aryl methyl sites for hydroxylation is 2. The Morgan fingerprint density at radius 3 is 2.55 bits per heavy atom. The average Bonchev–Trinajstić information content (AvgIpc) is 2.97.